The van der Waals surface area contributed by atoms with E-state index in [4.69, 9.17) is 34.8 Å². The normalized spacial score (nSPS) is 14.5. The smallest absolute Gasteiger partial charge is 0.283 e. The van der Waals surface area contributed by atoms with Gasteiger partial charge in [-0.3, -0.25) is 9.59 Å². The predicted octanol–water partition coefficient (Wildman–Crippen LogP) is 5.05. The molecule has 0 atom stereocenters. The molecule has 0 aromatic heterocycles. The van der Waals surface area contributed by atoms with Crippen molar-refractivity contribution in [1.29, 1.82) is 0 Å². The van der Waals surface area contributed by atoms with Crippen LogP contribution in [0.4, 0.5) is 11.4 Å². The van der Waals surface area contributed by atoms with Crippen molar-refractivity contribution in [1.82, 2.24) is 0 Å². The van der Waals surface area contributed by atoms with Crippen LogP contribution in [0.25, 0.3) is 0 Å². The minimum absolute atomic E-state index is 0.0198. The first-order chi connectivity index (χ1) is 11.8. The molecule has 1 aliphatic heterocycles. The fraction of sp³-hybridized carbons (Fsp3) is 0.111. The number of anilines is 2. The van der Waals surface area contributed by atoms with Crippen LogP contribution in [0.5, 0.6) is 0 Å². The van der Waals surface area contributed by atoms with Crippen molar-refractivity contribution in [2.75, 3.05) is 10.2 Å². The van der Waals surface area contributed by atoms with Gasteiger partial charge in [-0.05, 0) is 55.3 Å². The highest BCUT2D eigenvalue weighted by Crippen LogP contribution is 2.34. The van der Waals surface area contributed by atoms with E-state index in [2.05, 4.69) is 5.32 Å². The molecule has 0 fully saturated rings. The van der Waals surface area contributed by atoms with E-state index in [1.165, 1.54) is 0 Å². The summed E-state index contributed by atoms with van der Waals surface area (Å²) >= 11 is 18.2. The van der Waals surface area contributed by atoms with Gasteiger partial charge in [-0.2, -0.15) is 0 Å². The minimum atomic E-state index is -0.584. The number of halogens is 3. The van der Waals surface area contributed by atoms with Gasteiger partial charge in [-0.1, -0.05) is 40.9 Å². The Morgan fingerprint density at radius 3 is 2.36 bits per heavy atom. The predicted molar refractivity (Wildman–Crippen MR) is 101 cm³/mol. The Hall–Kier alpha value is -2.01. The van der Waals surface area contributed by atoms with Crippen LogP contribution >= 0.6 is 34.8 Å². The summed E-state index contributed by atoms with van der Waals surface area (Å²) in [4.78, 5) is 26.4. The average Bonchev–Trinajstić information content (AvgIpc) is 2.76. The third kappa shape index (κ3) is 3.13. The van der Waals surface area contributed by atoms with Gasteiger partial charge in [-0.15, -0.1) is 0 Å². The molecule has 0 spiro atoms. The number of rotatable bonds is 3. The molecule has 7 heteroatoms. The molecule has 0 bridgehead atoms. The number of amides is 2. The Morgan fingerprint density at radius 1 is 0.960 bits per heavy atom. The van der Waals surface area contributed by atoms with Gasteiger partial charge in [-0.25, -0.2) is 4.90 Å². The molecule has 4 nitrogen and oxygen atoms in total. The number of benzene rings is 2. The van der Waals surface area contributed by atoms with E-state index in [0.717, 1.165) is 10.5 Å². The largest absolute Gasteiger partial charge is 0.349 e. The minimum Gasteiger partial charge on any atom is -0.349 e. The van der Waals surface area contributed by atoms with Gasteiger partial charge in [0.25, 0.3) is 11.8 Å². The molecule has 0 aliphatic carbocycles. The number of carbonyl (C=O) groups excluding carboxylic acids is 2. The Kier molecular flexibility index (Phi) is 4.78. The van der Waals surface area contributed by atoms with E-state index in [0.29, 0.717) is 27.0 Å². The van der Waals surface area contributed by atoms with Gasteiger partial charge < -0.3 is 5.32 Å². The van der Waals surface area contributed by atoms with E-state index < -0.39 is 11.8 Å². The number of carbonyl (C=O) groups is 2. The lowest BCUT2D eigenvalue weighted by Gasteiger charge is -2.18. The highest BCUT2D eigenvalue weighted by Gasteiger charge is 2.39. The average molecular weight is 396 g/mol. The van der Waals surface area contributed by atoms with Gasteiger partial charge >= 0.3 is 0 Å². The third-order valence-electron chi connectivity index (χ3n) is 3.95. The van der Waals surface area contributed by atoms with Crippen molar-refractivity contribution < 1.29 is 9.59 Å². The third-order valence-corrected chi connectivity index (χ3v) is 4.95. The number of hydrogen-bond acceptors (Lipinski definition) is 3. The topological polar surface area (TPSA) is 49.4 Å². The highest BCUT2D eigenvalue weighted by atomic mass is 35.5. The van der Waals surface area contributed by atoms with E-state index in [9.17, 15) is 9.59 Å². The SMILES string of the molecule is Cc1cc(Cl)ccc1N1C(=O)C(Cl)=C(Nc2cccc(Cl)c2C)C1=O. The maximum atomic E-state index is 12.8. The standard InChI is InChI=1S/C18H13Cl3N2O2/c1-9-8-11(19)6-7-14(9)23-17(24)15(21)16(18(23)25)22-13-5-3-4-12(20)10(13)2/h3-8,22H,1-2H3. The molecule has 1 N–H and O–H groups in total. The van der Waals surface area contributed by atoms with Crippen molar-refractivity contribution in [3.05, 3.63) is 68.3 Å². The summed E-state index contributed by atoms with van der Waals surface area (Å²) in [6.45, 7) is 3.57. The second kappa shape index (κ2) is 6.71. The second-order valence-electron chi connectivity index (χ2n) is 5.60. The number of hydrogen-bond donors (Lipinski definition) is 1. The van der Waals surface area contributed by atoms with Gasteiger partial charge in [0.05, 0.1) is 5.69 Å². The van der Waals surface area contributed by atoms with Crippen LogP contribution in [0, 0.1) is 13.8 Å². The van der Waals surface area contributed by atoms with E-state index >= 15 is 0 Å². The monoisotopic (exact) mass is 394 g/mol. The van der Waals surface area contributed by atoms with Crippen LogP contribution in [0.1, 0.15) is 11.1 Å². The van der Waals surface area contributed by atoms with Crippen molar-refractivity contribution in [3.8, 4) is 0 Å². The van der Waals surface area contributed by atoms with Crippen molar-refractivity contribution in [2.24, 2.45) is 0 Å². The summed E-state index contributed by atoms with van der Waals surface area (Å²) in [5.41, 5.74) is 2.52. The van der Waals surface area contributed by atoms with Crippen molar-refractivity contribution >= 4 is 58.0 Å². The van der Waals surface area contributed by atoms with Crippen LogP contribution in [-0.4, -0.2) is 11.8 Å². The molecule has 1 aliphatic rings. The maximum Gasteiger partial charge on any atom is 0.283 e. The highest BCUT2D eigenvalue weighted by molar-refractivity contribution is 6.53. The Bertz CT molecular complexity index is 938. The zero-order valence-electron chi connectivity index (χ0n) is 13.4. The van der Waals surface area contributed by atoms with Crippen LogP contribution in [0.15, 0.2) is 47.1 Å². The molecule has 0 saturated heterocycles. The molecular formula is C18H13Cl3N2O2. The van der Waals surface area contributed by atoms with Crippen molar-refractivity contribution in [3.63, 3.8) is 0 Å². The summed E-state index contributed by atoms with van der Waals surface area (Å²) in [6, 6.07) is 10.2. The van der Waals surface area contributed by atoms with E-state index in [1.54, 1.807) is 43.3 Å². The summed E-state index contributed by atoms with van der Waals surface area (Å²) in [7, 11) is 0. The van der Waals surface area contributed by atoms with Gasteiger partial charge in [0.15, 0.2) is 0 Å². The van der Waals surface area contributed by atoms with Crippen LogP contribution in [-0.2, 0) is 9.59 Å². The van der Waals surface area contributed by atoms with E-state index in [-0.39, 0.29) is 10.7 Å². The molecule has 25 heavy (non-hydrogen) atoms. The van der Waals surface area contributed by atoms with Crippen molar-refractivity contribution in [2.45, 2.75) is 13.8 Å². The molecule has 1 heterocycles. The lowest BCUT2D eigenvalue weighted by atomic mass is 10.2. The number of nitrogens with zero attached hydrogens (tertiary/aromatic N) is 1. The Morgan fingerprint density at radius 2 is 1.68 bits per heavy atom. The molecule has 3 rings (SSSR count). The van der Waals surface area contributed by atoms with Crippen LogP contribution in [0.3, 0.4) is 0 Å². The Balaban J connectivity index is 1.98. The maximum absolute atomic E-state index is 12.8. The molecule has 2 aromatic rings. The molecule has 2 aromatic carbocycles. The molecule has 0 saturated carbocycles. The fourth-order valence-corrected chi connectivity index (χ4v) is 3.19. The summed E-state index contributed by atoms with van der Waals surface area (Å²) < 4.78 is 0. The molecule has 2 amide bonds. The molecule has 0 radical (unpaired) electrons. The summed E-state index contributed by atoms with van der Waals surface area (Å²) in [6.07, 6.45) is 0. The first-order valence-electron chi connectivity index (χ1n) is 7.38. The molecule has 128 valence electrons. The quantitative estimate of drug-likeness (QED) is 0.740. The Labute approximate surface area is 160 Å². The van der Waals surface area contributed by atoms with Crippen LogP contribution < -0.4 is 10.2 Å². The van der Waals surface area contributed by atoms with Gasteiger partial charge in [0.2, 0.25) is 0 Å². The van der Waals surface area contributed by atoms with E-state index in [1.807, 2.05) is 6.92 Å². The summed E-state index contributed by atoms with van der Waals surface area (Å²) in [5, 5.41) is 3.83. The van der Waals surface area contributed by atoms with Crippen LogP contribution in [0.2, 0.25) is 10.0 Å². The molecule has 0 unspecified atom stereocenters. The van der Waals surface area contributed by atoms with Gasteiger partial charge in [0.1, 0.15) is 10.7 Å². The zero-order valence-corrected chi connectivity index (χ0v) is 15.6. The second-order valence-corrected chi connectivity index (χ2v) is 6.82. The lowest BCUT2D eigenvalue weighted by molar-refractivity contribution is -0.120. The lowest BCUT2D eigenvalue weighted by Crippen LogP contribution is -2.32. The zero-order chi connectivity index (χ0) is 18.3. The number of aryl methyl sites for hydroxylation is 1. The number of imide groups is 1. The first kappa shape index (κ1) is 17.8. The molecular weight excluding hydrogens is 383 g/mol. The number of nitrogens with one attached hydrogen (secondary N) is 1. The van der Waals surface area contributed by atoms with Gasteiger partial charge in [0, 0.05) is 15.7 Å². The summed E-state index contributed by atoms with van der Waals surface area (Å²) in [5.74, 6) is -1.11. The first-order valence-corrected chi connectivity index (χ1v) is 8.51. The fourth-order valence-electron chi connectivity index (χ4n) is 2.58.